The largest absolute Gasteiger partial charge is 0.325 e. The second-order valence-electron chi connectivity index (χ2n) is 7.60. The third kappa shape index (κ3) is 3.84. The van der Waals surface area contributed by atoms with Gasteiger partial charge >= 0.3 is 0 Å². The quantitative estimate of drug-likeness (QED) is 0.820. The lowest BCUT2D eigenvalue weighted by molar-refractivity contribution is -0.125. The molecule has 0 heterocycles. The Bertz CT molecular complexity index is 645. The molecule has 0 aliphatic heterocycles. The first-order chi connectivity index (χ1) is 9.69. The van der Waals surface area contributed by atoms with Gasteiger partial charge in [0.25, 0.3) is 0 Å². The monoisotopic (exact) mass is 283 g/mol. The third-order valence-electron chi connectivity index (χ3n) is 3.62. The molecule has 112 valence electrons. The smallest absolute Gasteiger partial charge is 0.230 e. The number of carbonyl (C=O) groups is 1. The van der Waals surface area contributed by atoms with E-state index in [1.165, 1.54) is 0 Å². The van der Waals surface area contributed by atoms with Gasteiger partial charge in [-0.1, -0.05) is 71.0 Å². The SMILES string of the molecule is CC(C)(C)CC(C)(C)C(=O)Nc1cccc2ccccc12. The van der Waals surface area contributed by atoms with Crippen LogP contribution in [0.1, 0.15) is 41.0 Å². The van der Waals surface area contributed by atoms with Crippen molar-refractivity contribution in [3.05, 3.63) is 42.5 Å². The molecule has 1 amide bonds. The minimum atomic E-state index is -0.394. The van der Waals surface area contributed by atoms with Gasteiger partial charge in [0.05, 0.1) is 0 Å². The Hall–Kier alpha value is -1.83. The first-order valence-corrected chi connectivity index (χ1v) is 7.48. The summed E-state index contributed by atoms with van der Waals surface area (Å²) in [6.07, 6.45) is 0.844. The molecule has 21 heavy (non-hydrogen) atoms. The van der Waals surface area contributed by atoms with E-state index in [4.69, 9.17) is 0 Å². The van der Waals surface area contributed by atoms with Crippen LogP contribution in [0.2, 0.25) is 0 Å². The van der Waals surface area contributed by atoms with Gasteiger partial charge in [0.2, 0.25) is 5.91 Å². The minimum Gasteiger partial charge on any atom is -0.325 e. The van der Waals surface area contributed by atoms with Gasteiger partial charge in [0.1, 0.15) is 0 Å². The van der Waals surface area contributed by atoms with E-state index in [0.717, 1.165) is 22.9 Å². The number of hydrogen-bond donors (Lipinski definition) is 1. The predicted molar refractivity (Wildman–Crippen MR) is 90.4 cm³/mol. The summed E-state index contributed by atoms with van der Waals surface area (Å²) in [7, 11) is 0. The number of nitrogens with one attached hydrogen (secondary N) is 1. The van der Waals surface area contributed by atoms with Gasteiger partial charge in [0.15, 0.2) is 0 Å². The van der Waals surface area contributed by atoms with Crippen molar-refractivity contribution in [2.75, 3.05) is 5.32 Å². The zero-order chi connectivity index (χ0) is 15.7. The van der Waals surface area contributed by atoms with E-state index in [0.29, 0.717) is 0 Å². The molecule has 0 bridgehead atoms. The van der Waals surface area contributed by atoms with Crippen molar-refractivity contribution in [1.29, 1.82) is 0 Å². The zero-order valence-corrected chi connectivity index (χ0v) is 13.7. The first kappa shape index (κ1) is 15.6. The Labute approximate surface area is 127 Å². The Morgan fingerprint density at radius 2 is 1.57 bits per heavy atom. The predicted octanol–water partition coefficient (Wildman–Crippen LogP) is 5.24. The number of anilines is 1. The van der Waals surface area contributed by atoms with E-state index in [9.17, 15) is 4.79 Å². The Kier molecular flexibility index (Phi) is 4.08. The van der Waals surface area contributed by atoms with E-state index in [1.807, 2.05) is 44.2 Å². The maximum atomic E-state index is 12.6. The fraction of sp³-hybridized carbons (Fsp3) is 0.421. The van der Waals surface area contributed by atoms with Crippen molar-refractivity contribution in [3.63, 3.8) is 0 Å². The van der Waals surface area contributed by atoms with Gasteiger partial charge in [-0.2, -0.15) is 0 Å². The first-order valence-electron chi connectivity index (χ1n) is 7.48. The van der Waals surface area contributed by atoms with Crippen LogP contribution < -0.4 is 5.32 Å². The molecule has 0 aromatic heterocycles. The van der Waals surface area contributed by atoms with Gasteiger partial charge in [-0.05, 0) is 23.3 Å². The molecule has 0 atom stereocenters. The fourth-order valence-corrected chi connectivity index (χ4v) is 3.03. The third-order valence-corrected chi connectivity index (χ3v) is 3.62. The van der Waals surface area contributed by atoms with Crippen molar-refractivity contribution in [3.8, 4) is 0 Å². The van der Waals surface area contributed by atoms with Crippen LogP contribution in [0.5, 0.6) is 0 Å². The summed E-state index contributed by atoms with van der Waals surface area (Å²) in [5.74, 6) is 0.0776. The van der Waals surface area contributed by atoms with Crippen LogP contribution in [0, 0.1) is 10.8 Å². The van der Waals surface area contributed by atoms with E-state index in [1.54, 1.807) is 0 Å². The zero-order valence-electron chi connectivity index (χ0n) is 13.7. The van der Waals surface area contributed by atoms with Gasteiger partial charge in [-0.3, -0.25) is 4.79 Å². The van der Waals surface area contributed by atoms with E-state index >= 15 is 0 Å². The van der Waals surface area contributed by atoms with Crippen LogP contribution in [-0.4, -0.2) is 5.91 Å². The average molecular weight is 283 g/mol. The van der Waals surface area contributed by atoms with Gasteiger partial charge in [0, 0.05) is 16.5 Å². The molecular weight excluding hydrogens is 258 g/mol. The van der Waals surface area contributed by atoms with Gasteiger partial charge in [-0.15, -0.1) is 0 Å². The summed E-state index contributed by atoms with van der Waals surface area (Å²) < 4.78 is 0. The molecule has 2 aromatic carbocycles. The highest BCUT2D eigenvalue weighted by Crippen LogP contribution is 2.34. The Morgan fingerprint density at radius 3 is 2.24 bits per heavy atom. The lowest BCUT2D eigenvalue weighted by Crippen LogP contribution is -2.34. The molecule has 2 aromatic rings. The lowest BCUT2D eigenvalue weighted by Gasteiger charge is -2.31. The van der Waals surface area contributed by atoms with Crippen molar-refractivity contribution in [1.82, 2.24) is 0 Å². The van der Waals surface area contributed by atoms with Crippen LogP contribution >= 0.6 is 0 Å². The van der Waals surface area contributed by atoms with Crippen LogP contribution in [-0.2, 0) is 4.79 Å². The molecule has 0 aliphatic rings. The molecule has 0 saturated heterocycles. The standard InChI is InChI=1S/C19H25NO/c1-18(2,3)13-19(4,5)17(21)20-16-12-8-10-14-9-6-7-11-15(14)16/h6-12H,13H2,1-5H3,(H,20,21). The second-order valence-corrected chi connectivity index (χ2v) is 7.60. The van der Waals surface area contributed by atoms with Gasteiger partial charge in [-0.25, -0.2) is 0 Å². The average Bonchev–Trinajstić information content (AvgIpc) is 2.36. The molecule has 0 aliphatic carbocycles. The Morgan fingerprint density at radius 1 is 0.952 bits per heavy atom. The summed E-state index contributed by atoms with van der Waals surface area (Å²) >= 11 is 0. The van der Waals surface area contributed by atoms with Crippen LogP contribution in [0.4, 0.5) is 5.69 Å². The molecule has 2 heteroatoms. The summed E-state index contributed by atoms with van der Waals surface area (Å²) in [5.41, 5.74) is 0.620. The molecule has 0 unspecified atom stereocenters. The van der Waals surface area contributed by atoms with E-state index < -0.39 is 5.41 Å². The van der Waals surface area contributed by atoms with Crippen molar-refractivity contribution in [2.24, 2.45) is 10.8 Å². The molecule has 0 radical (unpaired) electrons. The molecule has 1 N–H and O–H groups in total. The summed E-state index contributed by atoms with van der Waals surface area (Å²) in [5, 5.41) is 5.33. The molecule has 0 saturated carbocycles. The summed E-state index contributed by atoms with van der Waals surface area (Å²) in [6.45, 7) is 10.5. The number of rotatable bonds is 3. The van der Waals surface area contributed by atoms with E-state index in [2.05, 4.69) is 38.2 Å². The molecule has 2 rings (SSSR count). The maximum Gasteiger partial charge on any atom is 0.230 e. The summed E-state index contributed by atoms with van der Waals surface area (Å²) in [6, 6.07) is 14.1. The van der Waals surface area contributed by atoms with Crippen LogP contribution in [0.3, 0.4) is 0 Å². The topological polar surface area (TPSA) is 29.1 Å². The van der Waals surface area contributed by atoms with Crippen molar-refractivity contribution >= 4 is 22.4 Å². The highest BCUT2D eigenvalue weighted by molar-refractivity contribution is 6.03. The number of carbonyl (C=O) groups excluding carboxylic acids is 1. The van der Waals surface area contributed by atoms with Crippen LogP contribution in [0.25, 0.3) is 10.8 Å². The van der Waals surface area contributed by atoms with Gasteiger partial charge < -0.3 is 5.32 Å². The normalized spacial score (nSPS) is 12.4. The second kappa shape index (κ2) is 5.51. The van der Waals surface area contributed by atoms with E-state index in [-0.39, 0.29) is 11.3 Å². The highest BCUT2D eigenvalue weighted by Gasteiger charge is 2.32. The lowest BCUT2D eigenvalue weighted by atomic mass is 9.75. The number of benzene rings is 2. The van der Waals surface area contributed by atoms with Crippen molar-refractivity contribution in [2.45, 2.75) is 41.0 Å². The number of amides is 1. The highest BCUT2D eigenvalue weighted by atomic mass is 16.2. The Balaban J connectivity index is 2.26. The molecule has 0 fully saturated rings. The molecular formula is C19H25NO. The summed E-state index contributed by atoms with van der Waals surface area (Å²) in [4.78, 5) is 12.6. The molecule has 0 spiro atoms. The van der Waals surface area contributed by atoms with Crippen LogP contribution in [0.15, 0.2) is 42.5 Å². The molecule has 2 nitrogen and oxygen atoms in total. The maximum absolute atomic E-state index is 12.6. The van der Waals surface area contributed by atoms with Crippen molar-refractivity contribution < 1.29 is 4.79 Å². The number of fused-ring (bicyclic) bond motifs is 1. The minimum absolute atomic E-state index is 0.0776. The fourth-order valence-electron chi connectivity index (χ4n) is 3.03. The number of hydrogen-bond acceptors (Lipinski definition) is 1.